The highest BCUT2D eigenvalue weighted by atomic mass is 32.1. The highest BCUT2D eigenvalue weighted by Gasteiger charge is 2.23. The zero-order chi connectivity index (χ0) is 17.4. The van der Waals surface area contributed by atoms with Crippen molar-refractivity contribution in [2.75, 3.05) is 11.1 Å². The molecule has 6 heteroatoms. The van der Waals surface area contributed by atoms with Gasteiger partial charge in [0.2, 0.25) is 5.78 Å². The van der Waals surface area contributed by atoms with Gasteiger partial charge in [0.1, 0.15) is 10.7 Å². The first-order valence-corrected chi connectivity index (χ1v) is 8.65. The minimum atomic E-state index is -0.105. The number of H-pyrrole nitrogens is 1. The number of aromatic amines is 1. The lowest BCUT2D eigenvalue weighted by Crippen LogP contribution is -2.03. The third-order valence-electron chi connectivity index (χ3n) is 4.01. The number of carbonyl (C=O) groups excluding carboxylic acids is 1. The van der Waals surface area contributed by atoms with Gasteiger partial charge in [-0.05, 0) is 25.1 Å². The summed E-state index contributed by atoms with van der Waals surface area (Å²) in [4.78, 5) is 21.1. The molecular formula is C19H16N4OS. The van der Waals surface area contributed by atoms with Crippen LogP contribution in [0.15, 0.2) is 54.6 Å². The number of nitrogens with one attached hydrogen (secondary N) is 2. The van der Waals surface area contributed by atoms with Gasteiger partial charge >= 0.3 is 0 Å². The number of carbonyl (C=O) groups is 1. The first-order valence-electron chi connectivity index (χ1n) is 7.84. The number of nitrogens with two attached hydrogens (primary N) is 1. The van der Waals surface area contributed by atoms with Crippen LogP contribution in [0.25, 0.3) is 10.9 Å². The number of benzene rings is 2. The number of ketones is 1. The molecule has 0 spiro atoms. The zero-order valence-corrected chi connectivity index (χ0v) is 14.4. The van der Waals surface area contributed by atoms with E-state index < -0.39 is 0 Å². The number of anilines is 3. The van der Waals surface area contributed by atoms with E-state index in [0.29, 0.717) is 15.6 Å². The SMILES string of the molecule is Cc1[nH]c2ccccc2c1C(=O)c1sc(Nc2ccccc2)nc1N. The van der Waals surface area contributed by atoms with Crippen molar-refractivity contribution < 1.29 is 4.79 Å². The fraction of sp³-hybridized carbons (Fsp3) is 0.0526. The summed E-state index contributed by atoms with van der Waals surface area (Å²) in [5.74, 6) is 0.143. The van der Waals surface area contributed by atoms with E-state index in [1.165, 1.54) is 11.3 Å². The molecule has 0 atom stereocenters. The number of para-hydroxylation sites is 2. The maximum Gasteiger partial charge on any atom is 0.209 e. The number of hydrogen-bond acceptors (Lipinski definition) is 5. The van der Waals surface area contributed by atoms with Crippen molar-refractivity contribution in [3.8, 4) is 0 Å². The van der Waals surface area contributed by atoms with Crippen LogP contribution in [0.1, 0.15) is 20.9 Å². The molecule has 0 saturated carbocycles. The van der Waals surface area contributed by atoms with Crippen molar-refractivity contribution in [2.24, 2.45) is 0 Å². The van der Waals surface area contributed by atoms with E-state index in [4.69, 9.17) is 5.73 Å². The summed E-state index contributed by atoms with van der Waals surface area (Å²) in [6.07, 6.45) is 0. The number of thiazole rings is 1. The van der Waals surface area contributed by atoms with E-state index in [2.05, 4.69) is 15.3 Å². The third-order valence-corrected chi connectivity index (χ3v) is 4.99. The number of aromatic nitrogens is 2. The van der Waals surface area contributed by atoms with Crippen LogP contribution in [0, 0.1) is 6.92 Å². The molecule has 4 rings (SSSR count). The Hall–Kier alpha value is -3.12. The quantitative estimate of drug-likeness (QED) is 0.475. The van der Waals surface area contributed by atoms with Gasteiger partial charge in [0.05, 0.1) is 5.56 Å². The van der Waals surface area contributed by atoms with Crippen LogP contribution < -0.4 is 11.1 Å². The van der Waals surface area contributed by atoms with Crippen LogP contribution in [0.5, 0.6) is 0 Å². The maximum atomic E-state index is 13.1. The molecule has 0 amide bonds. The van der Waals surface area contributed by atoms with E-state index in [9.17, 15) is 4.79 Å². The molecule has 0 aliphatic rings. The highest BCUT2D eigenvalue weighted by molar-refractivity contribution is 7.18. The third kappa shape index (κ3) is 2.77. The second-order valence-corrected chi connectivity index (χ2v) is 6.72. The van der Waals surface area contributed by atoms with Crippen LogP contribution in [0.4, 0.5) is 16.6 Å². The maximum absolute atomic E-state index is 13.1. The summed E-state index contributed by atoms with van der Waals surface area (Å²) in [5.41, 5.74) is 9.35. The van der Waals surface area contributed by atoms with Gasteiger partial charge in [-0.2, -0.15) is 0 Å². The van der Waals surface area contributed by atoms with Crippen LogP contribution in [0.3, 0.4) is 0 Å². The lowest BCUT2D eigenvalue weighted by molar-refractivity contribution is 0.104. The molecule has 25 heavy (non-hydrogen) atoms. The van der Waals surface area contributed by atoms with Crippen molar-refractivity contribution in [3.63, 3.8) is 0 Å². The van der Waals surface area contributed by atoms with Crippen molar-refractivity contribution in [2.45, 2.75) is 6.92 Å². The van der Waals surface area contributed by atoms with Gasteiger partial charge in [-0.1, -0.05) is 47.7 Å². The molecule has 0 radical (unpaired) electrons. The molecule has 124 valence electrons. The van der Waals surface area contributed by atoms with Crippen LogP contribution in [-0.2, 0) is 0 Å². The lowest BCUT2D eigenvalue weighted by atomic mass is 10.1. The standard InChI is InChI=1S/C19H16N4OS/c1-11-15(13-9-5-6-10-14(13)21-11)16(24)17-18(20)23-19(25-17)22-12-7-3-2-4-8-12/h2-10,21H,20H2,1H3,(H,22,23). The Labute approximate surface area is 148 Å². The average Bonchev–Trinajstić information content (AvgIpc) is 3.14. The minimum absolute atomic E-state index is 0.105. The molecule has 2 heterocycles. The first kappa shape index (κ1) is 15.4. The van der Waals surface area contributed by atoms with Crippen LogP contribution in [0.2, 0.25) is 0 Å². The van der Waals surface area contributed by atoms with Crippen LogP contribution in [-0.4, -0.2) is 15.8 Å². The molecule has 0 aliphatic carbocycles. The number of hydrogen-bond donors (Lipinski definition) is 3. The summed E-state index contributed by atoms with van der Waals surface area (Å²) in [6, 6.07) is 17.4. The summed E-state index contributed by atoms with van der Waals surface area (Å²) >= 11 is 1.27. The topological polar surface area (TPSA) is 83.8 Å². The smallest absolute Gasteiger partial charge is 0.209 e. The molecule has 0 unspecified atom stereocenters. The van der Waals surface area contributed by atoms with E-state index in [-0.39, 0.29) is 11.6 Å². The second kappa shape index (κ2) is 6.07. The predicted octanol–water partition coefficient (Wildman–Crippen LogP) is 4.49. The Balaban J connectivity index is 1.72. The number of rotatable bonds is 4. The summed E-state index contributed by atoms with van der Waals surface area (Å²) in [5, 5.41) is 4.68. The zero-order valence-electron chi connectivity index (χ0n) is 13.5. The molecular weight excluding hydrogens is 332 g/mol. The van der Waals surface area contributed by atoms with Crippen molar-refractivity contribution in [3.05, 3.63) is 70.7 Å². The molecule has 0 fully saturated rings. The fourth-order valence-corrected chi connectivity index (χ4v) is 3.73. The highest BCUT2D eigenvalue weighted by Crippen LogP contribution is 2.32. The Morgan fingerprint density at radius 1 is 1.12 bits per heavy atom. The van der Waals surface area contributed by atoms with Crippen molar-refractivity contribution in [1.29, 1.82) is 0 Å². The second-order valence-electron chi connectivity index (χ2n) is 5.72. The summed E-state index contributed by atoms with van der Waals surface area (Å²) < 4.78 is 0. The van der Waals surface area contributed by atoms with Gasteiger partial charge < -0.3 is 16.0 Å². The molecule has 0 aliphatic heterocycles. The number of nitrogen functional groups attached to an aromatic ring is 1. The normalized spacial score (nSPS) is 10.9. The first-order chi connectivity index (χ1) is 12.1. The van der Waals surface area contributed by atoms with Gasteiger partial charge in [-0.3, -0.25) is 4.79 Å². The predicted molar refractivity (Wildman–Crippen MR) is 103 cm³/mol. The van der Waals surface area contributed by atoms with Gasteiger partial charge in [0, 0.05) is 22.3 Å². The Bertz CT molecular complexity index is 1070. The fourth-order valence-electron chi connectivity index (χ4n) is 2.88. The van der Waals surface area contributed by atoms with Gasteiger partial charge in [-0.15, -0.1) is 0 Å². The van der Waals surface area contributed by atoms with Crippen LogP contribution >= 0.6 is 11.3 Å². The Morgan fingerprint density at radius 2 is 1.84 bits per heavy atom. The van der Waals surface area contributed by atoms with Crippen molar-refractivity contribution >= 4 is 44.7 Å². The van der Waals surface area contributed by atoms with E-state index in [1.54, 1.807) is 0 Å². The summed E-state index contributed by atoms with van der Waals surface area (Å²) in [7, 11) is 0. The van der Waals surface area contributed by atoms with Gasteiger partial charge in [0.15, 0.2) is 5.13 Å². The van der Waals surface area contributed by atoms with E-state index >= 15 is 0 Å². The van der Waals surface area contributed by atoms with E-state index in [0.717, 1.165) is 22.3 Å². The molecule has 4 N–H and O–H groups in total. The molecule has 2 aromatic heterocycles. The number of nitrogens with zero attached hydrogens (tertiary/aromatic N) is 1. The van der Waals surface area contributed by atoms with Gasteiger partial charge in [-0.25, -0.2) is 4.98 Å². The number of aryl methyl sites for hydroxylation is 1. The van der Waals surface area contributed by atoms with E-state index in [1.807, 2.05) is 61.5 Å². The molecule has 0 saturated heterocycles. The molecule has 2 aromatic carbocycles. The number of fused-ring (bicyclic) bond motifs is 1. The summed E-state index contributed by atoms with van der Waals surface area (Å²) in [6.45, 7) is 1.90. The minimum Gasteiger partial charge on any atom is -0.382 e. The van der Waals surface area contributed by atoms with Crippen molar-refractivity contribution in [1.82, 2.24) is 9.97 Å². The van der Waals surface area contributed by atoms with Gasteiger partial charge in [0.25, 0.3) is 0 Å². The lowest BCUT2D eigenvalue weighted by Gasteiger charge is -2.00. The average molecular weight is 348 g/mol. The Kier molecular flexibility index (Phi) is 3.74. The molecule has 5 nitrogen and oxygen atoms in total. The Morgan fingerprint density at radius 3 is 2.64 bits per heavy atom. The molecule has 0 bridgehead atoms. The monoisotopic (exact) mass is 348 g/mol. The molecule has 4 aromatic rings. The largest absolute Gasteiger partial charge is 0.382 e.